The van der Waals surface area contributed by atoms with Crippen LogP contribution in [-0.2, 0) is 65.4 Å². The van der Waals surface area contributed by atoms with Crippen molar-refractivity contribution in [1.82, 2.24) is 0 Å². The van der Waals surface area contributed by atoms with E-state index in [1.807, 2.05) is 36.5 Å². The maximum absolute atomic E-state index is 13.0. The standard InChI is InChI=1S/C79H124O17P2/c1-5-9-13-17-21-25-29-33-36-40-43-47-51-55-59-63-76(81)89-69-74(95-78(83)65-61-57-53-49-45-39-32-28-24-20-16-12-8-4)71-93-97(85,86)91-67-73(80)68-92-98(87,88)94-72-75(96-79(84)66-62-58-54-50-46-42-38-35-31-27-23-19-15-11-7-3)70-90-77(82)64-60-56-52-48-44-41-37-34-30-26-22-18-14-10-6-2/h9-11,13-16,20-23,25-28,32-38,43-44,47-48,55-56,59-60,73-75,80H,5-8,12,17-19,24,29-31,39-42,45-46,49-54,57-58,61-72H2,1-4H3,(H,85,86)(H,87,88)/b13-9-,14-10-,15-11-,20-16-,25-21-,26-22-,27-23-,32-28-,36-33-,37-34-,38-35-,47-43-,48-44-,59-55-,60-56-. The summed E-state index contributed by atoms with van der Waals surface area (Å²) in [6, 6.07) is 0. The molecule has 0 amide bonds. The number of aliphatic hydroxyl groups is 1. The minimum absolute atomic E-state index is 0.0463. The predicted molar refractivity (Wildman–Crippen MR) is 399 cm³/mol. The highest BCUT2D eigenvalue weighted by atomic mass is 31.2. The summed E-state index contributed by atoms with van der Waals surface area (Å²) in [4.78, 5) is 72.6. The van der Waals surface area contributed by atoms with Crippen molar-refractivity contribution in [3.8, 4) is 0 Å². The molecule has 0 saturated heterocycles. The van der Waals surface area contributed by atoms with Gasteiger partial charge in [-0.05, 0) is 135 Å². The Labute approximate surface area is 590 Å². The molecule has 0 aromatic rings. The van der Waals surface area contributed by atoms with E-state index in [0.29, 0.717) is 25.7 Å². The number of esters is 4. The molecule has 0 fully saturated rings. The minimum Gasteiger partial charge on any atom is -0.461 e. The Kier molecular flexibility index (Phi) is 65.5. The quantitative estimate of drug-likeness (QED) is 0.0169. The summed E-state index contributed by atoms with van der Waals surface area (Å²) < 4.78 is 68.0. The Morgan fingerprint density at radius 3 is 0.867 bits per heavy atom. The van der Waals surface area contributed by atoms with Crippen LogP contribution >= 0.6 is 15.6 Å². The molecular formula is C79H124O17P2. The van der Waals surface area contributed by atoms with Crippen LogP contribution in [0.15, 0.2) is 182 Å². The van der Waals surface area contributed by atoms with Crippen molar-refractivity contribution in [3.63, 3.8) is 0 Å². The maximum atomic E-state index is 13.0. The fraction of sp³-hybridized carbons (Fsp3) is 0.570. The number of phosphoric ester groups is 2. The van der Waals surface area contributed by atoms with Crippen molar-refractivity contribution >= 4 is 39.5 Å². The summed E-state index contributed by atoms with van der Waals surface area (Å²) in [7, 11) is -10.0. The van der Waals surface area contributed by atoms with Gasteiger partial charge in [0.1, 0.15) is 19.3 Å². The van der Waals surface area contributed by atoms with Crippen LogP contribution in [0, 0.1) is 0 Å². The minimum atomic E-state index is -5.01. The molecule has 19 heteroatoms. The zero-order valence-corrected chi connectivity index (χ0v) is 61.7. The zero-order valence-electron chi connectivity index (χ0n) is 59.9. The van der Waals surface area contributed by atoms with Gasteiger partial charge in [-0.3, -0.25) is 37.3 Å². The van der Waals surface area contributed by atoms with Gasteiger partial charge in [0.25, 0.3) is 0 Å². The van der Waals surface area contributed by atoms with Crippen LogP contribution in [-0.4, -0.2) is 96.7 Å². The fourth-order valence-electron chi connectivity index (χ4n) is 8.53. The van der Waals surface area contributed by atoms with Crippen LogP contribution in [0.4, 0.5) is 0 Å². The SMILES string of the molecule is CC/C=C\C/C=C\C/C=C\C/C=C\C/C=C\CC(=O)OCC(COP(=O)(O)OCC(O)COP(=O)(O)OCC(COC(=O)C/C=C\C/C=C\C/C=C\C/C=C\C/C=C\CC)OC(=O)CCCCCCC/C=C\C/C=C\CCC)OC(=O)CCCCCCC/C=C\C/C=C\C/C=C\CC. The molecule has 0 spiro atoms. The van der Waals surface area contributed by atoms with Crippen molar-refractivity contribution in [2.45, 2.75) is 251 Å². The van der Waals surface area contributed by atoms with Gasteiger partial charge in [-0.15, -0.1) is 0 Å². The first-order chi connectivity index (χ1) is 47.7. The van der Waals surface area contributed by atoms with Gasteiger partial charge >= 0.3 is 39.5 Å². The van der Waals surface area contributed by atoms with Crippen LogP contribution in [0.25, 0.3) is 0 Å². The van der Waals surface area contributed by atoms with Crippen molar-refractivity contribution < 1.29 is 80.2 Å². The van der Waals surface area contributed by atoms with Gasteiger partial charge in [-0.2, -0.15) is 0 Å². The van der Waals surface area contributed by atoms with Crippen molar-refractivity contribution in [2.75, 3.05) is 39.6 Å². The molecule has 5 unspecified atom stereocenters. The summed E-state index contributed by atoms with van der Waals surface area (Å²) in [5, 5.41) is 10.6. The largest absolute Gasteiger partial charge is 0.472 e. The maximum Gasteiger partial charge on any atom is 0.472 e. The highest BCUT2D eigenvalue weighted by Gasteiger charge is 2.30. The van der Waals surface area contributed by atoms with Crippen LogP contribution in [0.2, 0.25) is 0 Å². The van der Waals surface area contributed by atoms with E-state index in [0.717, 1.165) is 154 Å². The number of rotatable bonds is 65. The van der Waals surface area contributed by atoms with Crippen LogP contribution < -0.4 is 0 Å². The van der Waals surface area contributed by atoms with Crippen molar-refractivity contribution in [3.05, 3.63) is 182 Å². The first kappa shape index (κ1) is 92.2. The van der Waals surface area contributed by atoms with Crippen molar-refractivity contribution in [1.29, 1.82) is 0 Å². The Bertz CT molecular complexity index is 2580. The average Bonchev–Trinajstić information content (AvgIpc) is 1.04. The molecule has 0 rings (SSSR count). The Balaban J connectivity index is 5.53. The molecule has 3 N–H and O–H groups in total. The third kappa shape index (κ3) is 68.7. The summed E-state index contributed by atoms with van der Waals surface area (Å²) in [6.07, 6.45) is 82.5. The van der Waals surface area contributed by atoms with Gasteiger partial charge in [0.05, 0.1) is 39.3 Å². The van der Waals surface area contributed by atoms with Gasteiger partial charge in [-0.25, -0.2) is 9.13 Å². The molecule has 0 saturated carbocycles. The van der Waals surface area contributed by atoms with Crippen LogP contribution in [0.1, 0.15) is 233 Å². The average molecular weight is 1410 g/mol. The number of unbranched alkanes of at least 4 members (excludes halogenated alkanes) is 11. The highest BCUT2D eigenvalue weighted by molar-refractivity contribution is 7.47. The molecule has 0 bridgehead atoms. The lowest BCUT2D eigenvalue weighted by atomic mass is 10.1. The zero-order chi connectivity index (χ0) is 71.8. The Hall–Kier alpha value is -5.84. The lowest BCUT2D eigenvalue weighted by molar-refractivity contribution is -0.161. The molecule has 0 aliphatic carbocycles. The summed E-state index contributed by atoms with van der Waals surface area (Å²) in [5.74, 6) is -2.53. The smallest absolute Gasteiger partial charge is 0.461 e. The van der Waals surface area contributed by atoms with Crippen molar-refractivity contribution in [2.24, 2.45) is 0 Å². The monoisotopic (exact) mass is 1410 g/mol. The third-order valence-electron chi connectivity index (χ3n) is 13.9. The number of aliphatic hydroxyl groups excluding tert-OH is 1. The molecule has 0 aliphatic rings. The van der Waals surface area contributed by atoms with E-state index in [2.05, 4.69) is 161 Å². The number of hydrogen-bond acceptors (Lipinski definition) is 15. The molecule has 0 aliphatic heterocycles. The molecule has 0 aromatic carbocycles. The van der Waals surface area contributed by atoms with Gasteiger partial charge in [0, 0.05) is 12.8 Å². The van der Waals surface area contributed by atoms with Crippen LogP contribution in [0.5, 0.6) is 0 Å². The number of phosphoric acid groups is 2. The van der Waals surface area contributed by atoms with E-state index in [9.17, 15) is 43.2 Å². The van der Waals surface area contributed by atoms with E-state index in [4.69, 9.17) is 37.0 Å². The predicted octanol–water partition coefficient (Wildman–Crippen LogP) is 20.4. The molecule has 17 nitrogen and oxygen atoms in total. The van der Waals surface area contributed by atoms with Gasteiger partial charge in [0.2, 0.25) is 0 Å². The van der Waals surface area contributed by atoms with Crippen LogP contribution in [0.3, 0.4) is 0 Å². The second-order valence-electron chi connectivity index (χ2n) is 23.1. The lowest BCUT2D eigenvalue weighted by Gasteiger charge is -2.21. The summed E-state index contributed by atoms with van der Waals surface area (Å²) in [6.45, 7) is 4.14. The fourth-order valence-corrected chi connectivity index (χ4v) is 10.1. The number of carbonyl (C=O) groups excluding carboxylic acids is 4. The normalized spacial score (nSPS) is 15.1. The van der Waals surface area contributed by atoms with E-state index in [1.165, 1.54) is 0 Å². The third-order valence-corrected chi connectivity index (χ3v) is 15.8. The molecule has 552 valence electrons. The lowest BCUT2D eigenvalue weighted by Crippen LogP contribution is -2.30. The Morgan fingerprint density at radius 2 is 0.561 bits per heavy atom. The summed E-state index contributed by atoms with van der Waals surface area (Å²) >= 11 is 0. The second-order valence-corrected chi connectivity index (χ2v) is 26.0. The van der Waals surface area contributed by atoms with E-state index >= 15 is 0 Å². The number of carbonyl (C=O) groups is 4. The van der Waals surface area contributed by atoms with Gasteiger partial charge in [-0.1, -0.05) is 255 Å². The number of hydrogen-bond donors (Lipinski definition) is 3. The first-order valence-electron chi connectivity index (χ1n) is 36.0. The number of allylic oxidation sites excluding steroid dienone is 28. The van der Waals surface area contributed by atoms with E-state index < -0.39 is 97.5 Å². The molecular weight excluding hydrogens is 1280 g/mol. The highest BCUT2D eigenvalue weighted by Crippen LogP contribution is 2.45. The number of ether oxygens (including phenoxy) is 4. The molecule has 0 radical (unpaired) electrons. The molecule has 0 heterocycles. The van der Waals surface area contributed by atoms with Gasteiger partial charge < -0.3 is 33.8 Å². The van der Waals surface area contributed by atoms with Gasteiger partial charge in [0.15, 0.2) is 12.2 Å². The van der Waals surface area contributed by atoms with E-state index in [-0.39, 0.29) is 25.7 Å². The topological polar surface area (TPSA) is 237 Å². The molecule has 0 aromatic heterocycles. The molecule has 98 heavy (non-hydrogen) atoms. The summed E-state index contributed by atoms with van der Waals surface area (Å²) in [5.41, 5.74) is 0. The first-order valence-corrected chi connectivity index (χ1v) is 39.0. The molecule has 5 atom stereocenters. The van der Waals surface area contributed by atoms with E-state index in [1.54, 1.807) is 12.2 Å². The Morgan fingerprint density at radius 1 is 0.306 bits per heavy atom. The second kappa shape index (κ2) is 69.6.